The molecule has 4 heteroatoms. The number of carbonyl (C=O) groups excluding carboxylic acids is 1. The van der Waals surface area contributed by atoms with Crippen LogP contribution in [0.1, 0.15) is 29.8 Å². The molecular weight excluding hydrogens is 218 g/mol. The van der Waals surface area contributed by atoms with E-state index in [9.17, 15) is 9.59 Å². The first-order valence-electron chi connectivity index (χ1n) is 5.68. The fourth-order valence-electron chi connectivity index (χ4n) is 1.63. The van der Waals surface area contributed by atoms with Crippen molar-refractivity contribution < 1.29 is 14.7 Å². The Balaban J connectivity index is 2.69. The van der Waals surface area contributed by atoms with Gasteiger partial charge in [-0.15, -0.1) is 0 Å². The molecule has 0 fully saturated rings. The van der Waals surface area contributed by atoms with Crippen LogP contribution < -0.4 is 0 Å². The number of hydrogen-bond donors (Lipinski definition) is 1. The summed E-state index contributed by atoms with van der Waals surface area (Å²) < 4.78 is 0. The van der Waals surface area contributed by atoms with Crippen LogP contribution in [0.3, 0.4) is 0 Å². The lowest BCUT2D eigenvalue weighted by Gasteiger charge is -2.18. The van der Waals surface area contributed by atoms with Gasteiger partial charge in [0.2, 0.25) is 5.91 Å². The number of nitrogens with zero attached hydrogens (tertiary/aromatic N) is 1. The van der Waals surface area contributed by atoms with Gasteiger partial charge in [0.15, 0.2) is 0 Å². The van der Waals surface area contributed by atoms with E-state index in [0.29, 0.717) is 19.5 Å². The van der Waals surface area contributed by atoms with Crippen molar-refractivity contribution in [2.45, 2.75) is 20.3 Å². The first-order valence-corrected chi connectivity index (χ1v) is 5.68. The molecule has 92 valence electrons. The molecule has 0 atom stereocenters. The third-order valence-electron chi connectivity index (χ3n) is 2.67. The van der Waals surface area contributed by atoms with Gasteiger partial charge < -0.3 is 10.0 Å². The minimum atomic E-state index is -0.952. The van der Waals surface area contributed by atoms with Gasteiger partial charge in [-0.3, -0.25) is 4.79 Å². The van der Waals surface area contributed by atoms with E-state index < -0.39 is 5.97 Å². The second-order valence-electron chi connectivity index (χ2n) is 3.74. The first kappa shape index (κ1) is 13.2. The molecule has 4 nitrogen and oxygen atoms in total. The van der Waals surface area contributed by atoms with Gasteiger partial charge in [-0.05, 0) is 31.5 Å². The maximum atomic E-state index is 11.8. The van der Waals surface area contributed by atoms with Crippen molar-refractivity contribution in [1.82, 2.24) is 4.90 Å². The number of rotatable bonds is 5. The maximum Gasteiger partial charge on any atom is 0.335 e. The molecule has 0 saturated heterocycles. The maximum absolute atomic E-state index is 11.8. The lowest BCUT2D eigenvalue weighted by Crippen LogP contribution is -2.31. The van der Waals surface area contributed by atoms with Gasteiger partial charge in [0.1, 0.15) is 0 Å². The van der Waals surface area contributed by atoms with Gasteiger partial charge in [-0.2, -0.15) is 0 Å². The highest BCUT2D eigenvalue weighted by Crippen LogP contribution is 2.07. The lowest BCUT2D eigenvalue weighted by molar-refractivity contribution is -0.130. The Morgan fingerprint density at radius 2 is 1.65 bits per heavy atom. The monoisotopic (exact) mass is 235 g/mol. The van der Waals surface area contributed by atoms with Crippen LogP contribution in [0.25, 0.3) is 0 Å². The Labute approximate surface area is 101 Å². The zero-order chi connectivity index (χ0) is 12.8. The summed E-state index contributed by atoms with van der Waals surface area (Å²) in [5, 5.41) is 8.75. The van der Waals surface area contributed by atoms with Crippen LogP contribution in [0.4, 0.5) is 0 Å². The number of hydrogen-bond acceptors (Lipinski definition) is 2. The van der Waals surface area contributed by atoms with Gasteiger partial charge in [-0.1, -0.05) is 12.1 Å². The SMILES string of the molecule is CCN(CC)C(=O)Cc1ccc(C(=O)O)cc1. The Kier molecular flexibility index (Phi) is 4.69. The molecule has 0 aliphatic carbocycles. The van der Waals surface area contributed by atoms with Crippen LogP contribution >= 0.6 is 0 Å². The summed E-state index contributed by atoms with van der Waals surface area (Å²) in [4.78, 5) is 24.2. The minimum Gasteiger partial charge on any atom is -0.478 e. The third-order valence-corrected chi connectivity index (χ3v) is 2.67. The molecule has 0 spiro atoms. The summed E-state index contributed by atoms with van der Waals surface area (Å²) >= 11 is 0. The smallest absolute Gasteiger partial charge is 0.335 e. The number of amides is 1. The predicted molar refractivity (Wildman–Crippen MR) is 65.0 cm³/mol. The van der Waals surface area contributed by atoms with Crippen molar-refractivity contribution in [3.63, 3.8) is 0 Å². The van der Waals surface area contributed by atoms with Gasteiger partial charge in [-0.25, -0.2) is 4.79 Å². The van der Waals surface area contributed by atoms with Crippen LogP contribution in [0.5, 0.6) is 0 Å². The van der Waals surface area contributed by atoms with E-state index in [1.165, 1.54) is 12.1 Å². The molecule has 0 bridgehead atoms. The molecule has 0 aliphatic heterocycles. The number of aromatic carboxylic acids is 1. The van der Waals surface area contributed by atoms with E-state index in [0.717, 1.165) is 5.56 Å². The molecule has 17 heavy (non-hydrogen) atoms. The standard InChI is InChI=1S/C13H17NO3/c1-3-14(4-2)12(15)9-10-5-7-11(8-6-10)13(16)17/h5-8H,3-4,9H2,1-2H3,(H,16,17). The summed E-state index contributed by atoms with van der Waals surface area (Å²) in [6.45, 7) is 5.27. The number of carbonyl (C=O) groups is 2. The molecule has 1 N–H and O–H groups in total. The molecule has 0 aliphatic rings. The molecule has 1 aromatic rings. The van der Waals surface area contributed by atoms with Gasteiger partial charge in [0, 0.05) is 13.1 Å². The summed E-state index contributed by atoms with van der Waals surface area (Å²) in [5.74, 6) is -0.885. The average Bonchev–Trinajstić information content (AvgIpc) is 2.31. The van der Waals surface area contributed by atoms with Gasteiger partial charge in [0.25, 0.3) is 0 Å². The third kappa shape index (κ3) is 3.59. The number of carboxylic acid groups (broad SMARTS) is 1. The summed E-state index contributed by atoms with van der Waals surface area (Å²) in [7, 11) is 0. The fourth-order valence-corrected chi connectivity index (χ4v) is 1.63. The van der Waals surface area contributed by atoms with Crippen LogP contribution in [0.2, 0.25) is 0 Å². The van der Waals surface area contributed by atoms with Crippen molar-refractivity contribution in [2.75, 3.05) is 13.1 Å². The largest absolute Gasteiger partial charge is 0.478 e. The van der Waals surface area contributed by atoms with E-state index in [-0.39, 0.29) is 11.5 Å². The number of benzene rings is 1. The number of likely N-dealkylation sites (N-methyl/N-ethyl adjacent to an activating group) is 1. The van der Waals surface area contributed by atoms with Gasteiger partial charge in [0.05, 0.1) is 12.0 Å². The molecule has 1 amide bonds. The van der Waals surface area contributed by atoms with E-state index >= 15 is 0 Å². The van der Waals surface area contributed by atoms with Crippen molar-refractivity contribution in [3.05, 3.63) is 35.4 Å². The van der Waals surface area contributed by atoms with Crippen molar-refractivity contribution in [2.24, 2.45) is 0 Å². The molecule has 0 aromatic heterocycles. The lowest BCUT2D eigenvalue weighted by atomic mass is 10.1. The summed E-state index contributed by atoms with van der Waals surface area (Å²) in [6, 6.07) is 6.41. The van der Waals surface area contributed by atoms with Crippen molar-refractivity contribution in [3.8, 4) is 0 Å². The van der Waals surface area contributed by atoms with Crippen LogP contribution in [-0.4, -0.2) is 35.0 Å². The summed E-state index contributed by atoms with van der Waals surface area (Å²) in [6.07, 6.45) is 0.321. The highest BCUT2D eigenvalue weighted by molar-refractivity contribution is 5.87. The van der Waals surface area contributed by atoms with E-state index in [1.807, 2.05) is 13.8 Å². The molecule has 0 unspecified atom stereocenters. The van der Waals surface area contributed by atoms with Crippen LogP contribution in [0, 0.1) is 0 Å². The predicted octanol–water partition coefficient (Wildman–Crippen LogP) is 1.80. The quantitative estimate of drug-likeness (QED) is 0.846. The Morgan fingerprint density at radius 1 is 1.12 bits per heavy atom. The molecule has 1 rings (SSSR count). The molecule has 0 radical (unpaired) electrons. The second kappa shape index (κ2) is 6.03. The highest BCUT2D eigenvalue weighted by Gasteiger charge is 2.10. The molecule has 1 aromatic carbocycles. The van der Waals surface area contributed by atoms with Crippen molar-refractivity contribution >= 4 is 11.9 Å². The van der Waals surface area contributed by atoms with Gasteiger partial charge >= 0.3 is 5.97 Å². The Morgan fingerprint density at radius 3 is 2.06 bits per heavy atom. The minimum absolute atomic E-state index is 0.0677. The Hall–Kier alpha value is -1.84. The highest BCUT2D eigenvalue weighted by atomic mass is 16.4. The molecule has 0 saturated carbocycles. The number of carboxylic acids is 1. The van der Waals surface area contributed by atoms with E-state index in [4.69, 9.17) is 5.11 Å². The van der Waals surface area contributed by atoms with Crippen molar-refractivity contribution in [1.29, 1.82) is 0 Å². The zero-order valence-corrected chi connectivity index (χ0v) is 10.1. The van der Waals surface area contributed by atoms with E-state index in [1.54, 1.807) is 17.0 Å². The molecule has 0 heterocycles. The normalized spacial score (nSPS) is 10.0. The summed E-state index contributed by atoms with van der Waals surface area (Å²) in [5.41, 5.74) is 1.08. The second-order valence-corrected chi connectivity index (χ2v) is 3.74. The topological polar surface area (TPSA) is 57.6 Å². The Bertz CT molecular complexity index is 394. The van der Waals surface area contributed by atoms with Crippen LogP contribution in [0.15, 0.2) is 24.3 Å². The zero-order valence-electron chi connectivity index (χ0n) is 10.1. The average molecular weight is 235 g/mol. The van der Waals surface area contributed by atoms with E-state index in [2.05, 4.69) is 0 Å². The van der Waals surface area contributed by atoms with Crippen LogP contribution in [-0.2, 0) is 11.2 Å². The fraction of sp³-hybridized carbons (Fsp3) is 0.385. The first-order chi connectivity index (χ1) is 8.08. The molecular formula is C13H17NO3.